The van der Waals surface area contributed by atoms with Crippen molar-refractivity contribution in [3.63, 3.8) is 0 Å². The molecule has 0 saturated carbocycles. The van der Waals surface area contributed by atoms with Crippen molar-refractivity contribution in [2.24, 2.45) is 5.92 Å². The number of para-hydroxylation sites is 2. The van der Waals surface area contributed by atoms with Gasteiger partial charge >= 0.3 is 6.36 Å². The number of hydrogen-bond donors (Lipinski definition) is 2. The van der Waals surface area contributed by atoms with Crippen molar-refractivity contribution in [3.05, 3.63) is 83.0 Å². The summed E-state index contributed by atoms with van der Waals surface area (Å²) in [6.45, 7) is 2.62. The Hall–Kier alpha value is -4.49. The number of pyridine rings is 1. The van der Waals surface area contributed by atoms with Crippen LogP contribution in [0.2, 0.25) is 0 Å². The topological polar surface area (TPSA) is 109 Å². The molecule has 2 saturated heterocycles. The second-order valence-corrected chi connectivity index (χ2v) is 11.4. The number of aromatic nitrogens is 3. The number of alkyl halides is 3. The number of nitrogens with zero attached hydrogens (tertiary/aromatic N) is 4. The molecule has 9 nitrogen and oxygen atoms in total. The van der Waals surface area contributed by atoms with Gasteiger partial charge in [0.1, 0.15) is 5.75 Å². The highest BCUT2D eigenvalue weighted by molar-refractivity contribution is 8.18. The monoisotopic (exact) mass is 620 g/mol. The Balaban J connectivity index is 1.11. The summed E-state index contributed by atoms with van der Waals surface area (Å²) < 4.78 is 43.8. The van der Waals surface area contributed by atoms with E-state index in [9.17, 15) is 22.8 Å². The summed E-state index contributed by atoms with van der Waals surface area (Å²) in [7, 11) is 0. The Bertz CT molecular complexity index is 1740. The molecule has 2 fully saturated rings. The van der Waals surface area contributed by atoms with Crippen LogP contribution in [0.25, 0.3) is 28.2 Å². The van der Waals surface area contributed by atoms with E-state index >= 15 is 0 Å². The fourth-order valence-corrected chi connectivity index (χ4v) is 5.97. The Labute approximate surface area is 254 Å². The Kier molecular flexibility index (Phi) is 8.49. The molecule has 0 spiro atoms. The van der Waals surface area contributed by atoms with Gasteiger partial charge in [-0.2, -0.15) is 0 Å². The number of imide groups is 1. The first-order valence-electron chi connectivity index (χ1n) is 14.0. The van der Waals surface area contributed by atoms with Crippen molar-refractivity contribution < 1.29 is 27.5 Å². The van der Waals surface area contributed by atoms with Crippen molar-refractivity contribution in [2.45, 2.75) is 25.7 Å². The second kappa shape index (κ2) is 12.6. The zero-order chi connectivity index (χ0) is 30.7. The quantitative estimate of drug-likeness (QED) is 0.232. The summed E-state index contributed by atoms with van der Waals surface area (Å²) in [5.74, 6) is 0.211. The highest BCUT2D eigenvalue weighted by Gasteiger charge is 2.32. The standard InChI is InChI=1S/C31H27F3N6O3S/c32-31(33,34)43-25-8-4-2-6-23(25)27-21(15-20-5-1-3-7-24(20)38-27)18-35-17-19-10-13-40(14-11-19)29-36-12-9-22(37-29)16-26-28(41)39-30(42)44-26/h1-9,12,15-16,19,35H,10-11,13-14,17-18H2,(H,39,41,42)/b26-16+. The molecular weight excluding hydrogens is 593 g/mol. The maximum atomic E-state index is 13.2. The minimum atomic E-state index is -4.82. The average Bonchev–Trinajstić information content (AvgIpc) is 3.32. The number of amides is 2. The lowest BCUT2D eigenvalue weighted by molar-refractivity contribution is -0.274. The van der Waals surface area contributed by atoms with Gasteiger partial charge in [0.25, 0.3) is 11.1 Å². The summed E-state index contributed by atoms with van der Waals surface area (Å²) >= 11 is 0.844. The van der Waals surface area contributed by atoms with E-state index in [2.05, 4.69) is 30.2 Å². The normalized spacial score (nSPS) is 17.0. The van der Waals surface area contributed by atoms with Crippen LogP contribution in [0.5, 0.6) is 5.75 Å². The number of nitrogens with one attached hydrogen (secondary N) is 2. The molecule has 13 heteroatoms. The van der Waals surface area contributed by atoms with E-state index in [0.29, 0.717) is 46.8 Å². The lowest BCUT2D eigenvalue weighted by Gasteiger charge is -2.32. The third kappa shape index (κ3) is 7.00. The first-order valence-corrected chi connectivity index (χ1v) is 14.8. The summed E-state index contributed by atoms with van der Waals surface area (Å²) in [4.78, 5) is 39.4. The van der Waals surface area contributed by atoms with Crippen molar-refractivity contribution >= 4 is 45.8 Å². The third-order valence-corrected chi connectivity index (χ3v) is 8.21. The van der Waals surface area contributed by atoms with E-state index < -0.39 is 17.5 Å². The van der Waals surface area contributed by atoms with E-state index in [1.165, 1.54) is 12.1 Å². The summed E-state index contributed by atoms with van der Waals surface area (Å²) in [5.41, 5.74) is 2.72. The minimum Gasteiger partial charge on any atom is -0.405 e. The molecule has 0 radical (unpaired) electrons. The first kappa shape index (κ1) is 29.6. The van der Waals surface area contributed by atoms with Crippen LogP contribution in [0.15, 0.2) is 71.8 Å². The van der Waals surface area contributed by atoms with Crippen molar-refractivity contribution in [3.8, 4) is 17.0 Å². The third-order valence-electron chi connectivity index (χ3n) is 7.40. The number of carbonyl (C=O) groups excluding carboxylic acids is 2. The Morgan fingerprint density at radius 2 is 1.82 bits per heavy atom. The van der Waals surface area contributed by atoms with Gasteiger partial charge in [-0.1, -0.05) is 30.3 Å². The number of hydrogen-bond acceptors (Lipinski definition) is 9. The molecule has 0 bridgehead atoms. The van der Waals surface area contributed by atoms with Crippen LogP contribution in [0.3, 0.4) is 0 Å². The number of anilines is 1. The summed E-state index contributed by atoms with van der Waals surface area (Å²) in [5, 5.41) is 6.22. The molecule has 44 heavy (non-hydrogen) atoms. The van der Waals surface area contributed by atoms with Crippen LogP contribution in [0, 0.1) is 5.92 Å². The van der Waals surface area contributed by atoms with Crippen LogP contribution in [-0.2, 0) is 11.3 Å². The van der Waals surface area contributed by atoms with Gasteiger partial charge < -0.3 is 15.0 Å². The van der Waals surface area contributed by atoms with Crippen LogP contribution < -0.4 is 20.3 Å². The zero-order valence-corrected chi connectivity index (χ0v) is 24.1. The molecule has 226 valence electrons. The number of piperidine rings is 1. The van der Waals surface area contributed by atoms with Crippen LogP contribution >= 0.6 is 11.8 Å². The largest absolute Gasteiger partial charge is 0.573 e. The molecule has 2 N–H and O–H groups in total. The molecule has 0 atom stereocenters. The van der Waals surface area contributed by atoms with Crippen molar-refractivity contribution in [1.82, 2.24) is 25.6 Å². The molecule has 2 aromatic carbocycles. The number of carbonyl (C=O) groups is 2. The van der Waals surface area contributed by atoms with E-state index in [4.69, 9.17) is 4.98 Å². The number of fused-ring (bicyclic) bond motifs is 1. The van der Waals surface area contributed by atoms with Gasteiger partial charge in [-0.25, -0.2) is 15.0 Å². The smallest absolute Gasteiger partial charge is 0.405 e. The maximum Gasteiger partial charge on any atom is 0.573 e. The fourth-order valence-electron chi connectivity index (χ4n) is 5.30. The molecule has 0 aliphatic carbocycles. The van der Waals surface area contributed by atoms with Gasteiger partial charge in [0, 0.05) is 36.8 Å². The van der Waals surface area contributed by atoms with Crippen molar-refractivity contribution in [1.29, 1.82) is 0 Å². The van der Waals surface area contributed by atoms with Gasteiger partial charge in [-0.15, -0.1) is 13.2 Å². The molecule has 0 unspecified atom stereocenters. The van der Waals surface area contributed by atoms with Crippen LogP contribution in [0.4, 0.5) is 23.9 Å². The van der Waals surface area contributed by atoms with Gasteiger partial charge in [0.05, 0.1) is 21.8 Å². The molecule has 4 heterocycles. The molecule has 2 aromatic heterocycles. The predicted octanol–water partition coefficient (Wildman–Crippen LogP) is 5.92. The first-order chi connectivity index (χ1) is 21.2. The van der Waals surface area contributed by atoms with Crippen molar-refractivity contribution in [2.75, 3.05) is 24.5 Å². The lowest BCUT2D eigenvalue weighted by Crippen LogP contribution is -2.38. The van der Waals surface area contributed by atoms with E-state index in [0.717, 1.165) is 48.6 Å². The highest BCUT2D eigenvalue weighted by atomic mass is 32.2. The van der Waals surface area contributed by atoms with E-state index in [-0.39, 0.29) is 11.3 Å². The molecule has 2 aliphatic rings. The number of halogens is 3. The fraction of sp³-hybridized carbons (Fsp3) is 0.258. The lowest BCUT2D eigenvalue weighted by atomic mass is 9.96. The van der Waals surface area contributed by atoms with Gasteiger partial charge in [0.15, 0.2) is 0 Å². The number of ether oxygens (including phenoxy) is 1. The molecular formula is C31H27F3N6O3S. The Morgan fingerprint density at radius 1 is 1.05 bits per heavy atom. The molecule has 4 aromatic rings. The molecule has 2 amide bonds. The SMILES string of the molecule is O=C1NC(=O)/C(=C\c2ccnc(N3CCC(CNCc4cc5ccccc5nc4-c4ccccc4OC(F)(F)F)CC3)n2)S1. The predicted molar refractivity (Wildman–Crippen MR) is 162 cm³/mol. The Morgan fingerprint density at radius 3 is 2.59 bits per heavy atom. The maximum absolute atomic E-state index is 13.2. The summed E-state index contributed by atoms with van der Waals surface area (Å²) in [6, 6.07) is 17.2. The zero-order valence-electron chi connectivity index (χ0n) is 23.3. The molecule has 2 aliphatic heterocycles. The van der Waals surface area contributed by atoms with Gasteiger partial charge in [-0.05, 0) is 79.0 Å². The van der Waals surface area contributed by atoms with Gasteiger partial charge in [0.2, 0.25) is 5.95 Å². The average molecular weight is 621 g/mol. The van der Waals surface area contributed by atoms with Crippen LogP contribution in [0.1, 0.15) is 24.1 Å². The number of benzene rings is 2. The minimum absolute atomic E-state index is 0.275. The van der Waals surface area contributed by atoms with E-state index in [1.54, 1.807) is 30.5 Å². The summed E-state index contributed by atoms with van der Waals surface area (Å²) in [6.07, 6.45) is 0.167. The second-order valence-electron chi connectivity index (χ2n) is 10.4. The van der Waals surface area contributed by atoms with Gasteiger partial charge in [-0.3, -0.25) is 14.9 Å². The highest BCUT2D eigenvalue weighted by Crippen LogP contribution is 2.36. The van der Waals surface area contributed by atoms with E-state index in [1.807, 2.05) is 30.3 Å². The van der Waals surface area contributed by atoms with Crippen LogP contribution in [-0.4, -0.2) is 52.1 Å². The number of rotatable bonds is 8. The molecule has 6 rings (SSSR count). The number of thioether (sulfide) groups is 1.